The maximum absolute atomic E-state index is 12.3. The van der Waals surface area contributed by atoms with Crippen molar-refractivity contribution in [1.82, 2.24) is 19.4 Å². The molecule has 1 aliphatic rings. The molecule has 1 aromatic heterocycles. The predicted octanol–water partition coefficient (Wildman–Crippen LogP) is 3.22. The zero-order chi connectivity index (χ0) is 17.6. The maximum atomic E-state index is 12.3. The van der Waals surface area contributed by atoms with Crippen molar-refractivity contribution >= 4 is 29.0 Å². The van der Waals surface area contributed by atoms with Crippen molar-refractivity contribution in [2.75, 3.05) is 33.2 Å². The fourth-order valence-corrected chi connectivity index (χ4v) is 3.92. The second-order valence-corrected chi connectivity index (χ2v) is 7.71. The van der Waals surface area contributed by atoms with E-state index in [2.05, 4.69) is 26.6 Å². The first-order valence-electron chi connectivity index (χ1n) is 8.61. The smallest absolute Gasteiger partial charge is 0.275 e. The minimum atomic E-state index is -0.0352. The summed E-state index contributed by atoms with van der Waals surface area (Å²) in [5, 5.41) is 6.36. The molecule has 0 spiro atoms. The molecule has 25 heavy (non-hydrogen) atoms. The molecule has 0 radical (unpaired) electrons. The summed E-state index contributed by atoms with van der Waals surface area (Å²) in [5.74, 6) is 0.478. The van der Waals surface area contributed by atoms with Crippen molar-refractivity contribution in [3.63, 3.8) is 0 Å². The second kappa shape index (κ2) is 8.74. The molecule has 0 aliphatic carbocycles. The van der Waals surface area contributed by atoms with Gasteiger partial charge in [0.2, 0.25) is 0 Å². The van der Waals surface area contributed by atoms with Crippen LogP contribution >= 0.6 is 23.1 Å². The Labute approximate surface area is 157 Å². The molecule has 1 aromatic carbocycles. The number of benzene rings is 1. The van der Waals surface area contributed by atoms with Crippen LogP contribution in [0, 0.1) is 5.92 Å². The lowest BCUT2D eigenvalue weighted by molar-refractivity contribution is 0.0725. The Balaban J connectivity index is 1.47. The van der Waals surface area contributed by atoms with E-state index in [0.717, 1.165) is 37.6 Å². The number of carbonyl (C=O) groups is 1. The highest BCUT2D eigenvalue weighted by atomic mass is 35.5. The Bertz CT molecular complexity index is 677. The molecule has 3 rings (SSSR count). The predicted molar refractivity (Wildman–Crippen MR) is 101 cm³/mol. The molecule has 1 atom stereocenters. The molecular formula is C18H23ClN4OS. The van der Waals surface area contributed by atoms with Crippen LogP contribution in [0.15, 0.2) is 29.6 Å². The fourth-order valence-electron chi connectivity index (χ4n) is 3.37. The maximum Gasteiger partial charge on any atom is 0.275 e. The van der Waals surface area contributed by atoms with Gasteiger partial charge in [0.25, 0.3) is 5.91 Å². The van der Waals surface area contributed by atoms with Crippen molar-refractivity contribution in [3.8, 4) is 0 Å². The van der Waals surface area contributed by atoms with E-state index >= 15 is 0 Å². The van der Waals surface area contributed by atoms with Crippen LogP contribution in [0.3, 0.4) is 0 Å². The van der Waals surface area contributed by atoms with Crippen molar-refractivity contribution in [2.24, 2.45) is 5.92 Å². The first-order valence-corrected chi connectivity index (χ1v) is 9.82. The van der Waals surface area contributed by atoms with Crippen LogP contribution in [0.25, 0.3) is 0 Å². The molecular weight excluding hydrogens is 356 g/mol. The molecule has 2 heterocycles. The lowest BCUT2D eigenvalue weighted by Crippen LogP contribution is -2.42. The number of nitrogens with zero attached hydrogens (tertiary/aromatic N) is 4. The van der Waals surface area contributed by atoms with Gasteiger partial charge in [-0.2, -0.15) is 0 Å². The summed E-state index contributed by atoms with van der Waals surface area (Å²) in [5.41, 5.74) is 1.76. The molecule has 1 aliphatic heterocycles. The number of amides is 1. The Morgan fingerprint density at radius 3 is 2.92 bits per heavy atom. The molecule has 1 amide bonds. The van der Waals surface area contributed by atoms with Crippen LogP contribution in [-0.2, 0) is 6.42 Å². The SMILES string of the molecule is CN(C[C@@H]1CCCN(CCc2ccc(Cl)cc2)C1)C(=O)c1csnn1. The molecule has 5 nitrogen and oxygen atoms in total. The van der Waals surface area contributed by atoms with Gasteiger partial charge in [-0.25, -0.2) is 0 Å². The zero-order valence-electron chi connectivity index (χ0n) is 14.4. The number of halogens is 1. The van der Waals surface area contributed by atoms with Gasteiger partial charge < -0.3 is 9.80 Å². The summed E-state index contributed by atoms with van der Waals surface area (Å²) in [7, 11) is 1.86. The van der Waals surface area contributed by atoms with E-state index in [1.54, 1.807) is 10.3 Å². The average Bonchev–Trinajstić information content (AvgIpc) is 3.15. The summed E-state index contributed by atoms with van der Waals surface area (Å²) in [6.07, 6.45) is 3.39. The number of rotatable bonds is 6. The topological polar surface area (TPSA) is 49.3 Å². The highest BCUT2D eigenvalue weighted by Crippen LogP contribution is 2.19. The highest BCUT2D eigenvalue weighted by molar-refractivity contribution is 7.03. The summed E-state index contributed by atoms with van der Waals surface area (Å²) >= 11 is 7.15. The van der Waals surface area contributed by atoms with Crippen LogP contribution in [0.2, 0.25) is 5.02 Å². The number of likely N-dealkylation sites (tertiary alicyclic amines) is 1. The van der Waals surface area contributed by atoms with Crippen molar-refractivity contribution in [1.29, 1.82) is 0 Å². The van der Waals surface area contributed by atoms with Gasteiger partial charge in [-0.05, 0) is 61.0 Å². The van der Waals surface area contributed by atoms with Gasteiger partial charge in [-0.1, -0.05) is 28.2 Å². The minimum Gasteiger partial charge on any atom is -0.340 e. The largest absolute Gasteiger partial charge is 0.340 e. The van der Waals surface area contributed by atoms with Crippen LogP contribution in [0.1, 0.15) is 28.9 Å². The van der Waals surface area contributed by atoms with Crippen molar-refractivity contribution in [3.05, 3.63) is 45.9 Å². The first kappa shape index (κ1) is 18.3. The third-order valence-corrected chi connectivity index (χ3v) is 5.45. The summed E-state index contributed by atoms with van der Waals surface area (Å²) in [6.45, 7) is 4.00. The Kier molecular flexibility index (Phi) is 6.39. The van der Waals surface area contributed by atoms with Crippen LogP contribution in [0.4, 0.5) is 0 Å². The molecule has 1 saturated heterocycles. The third kappa shape index (κ3) is 5.23. The number of hydrogen-bond acceptors (Lipinski definition) is 5. The van der Waals surface area contributed by atoms with Crippen molar-refractivity contribution in [2.45, 2.75) is 19.3 Å². The molecule has 0 bridgehead atoms. The van der Waals surface area contributed by atoms with E-state index in [-0.39, 0.29) is 5.91 Å². The van der Waals surface area contributed by atoms with Crippen LogP contribution < -0.4 is 0 Å². The summed E-state index contributed by atoms with van der Waals surface area (Å²) in [4.78, 5) is 16.6. The van der Waals surface area contributed by atoms with Gasteiger partial charge in [0.05, 0.1) is 0 Å². The lowest BCUT2D eigenvalue weighted by atomic mass is 9.97. The normalized spacial score (nSPS) is 18.2. The van der Waals surface area contributed by atoms with Gasteiger partial charge in [0.1, 0.15) is 0 Å². The Morgan fingerprint density at radius 2 is 2.20 bits per heavy atom. The quantitative estimate of drug-likeness (QED) is 0.774. The summed E-state index contributed by atoms with van der Waals surface area (Å²) < 4.78 is 3.77. The molecule has 1 fully saturated rings. The van der Waals surface area contributed by atoms with E-state index in [1.165, 1.54) is 29.9 Å². The molecule has 0 N–H and O–H groups in total. The van der Waals surface area contributed by atoms with E-state index in [4.69, 9.17) is 11.6 Å². The van der Waals surface area contributed by atoms with Gasteiger partial charge in [-0.3, -0.25) is 4.79 Å². The van der Waals surface area contributed by atoms with Gasteiger partial charge in [0, 0.05) is 37.1 Å². The van der Waals surface area contributed by atoms with E-state index < -0.39 is 0 Å². The van der Waals surface area contributed by atoms with Gasteiger partial charge in [-0.15, -0.1) is 5.10 Å². The molecule has 7 heteroatoms. The molecule has 0 unspecified atom stereocenters. The summed E-state index contributed by atoms with van der Waals surface area (Å²) in [6, 6.07) is 8.09. The minimum absolute atomic E-state index is 0.0352. The second-order valence-electron chi connectivity index (χ2n) is 6.66. The third-order valence-electron chi connectivity index (χ3n) is 4.69. The van der Waals surface area contributed by atoms with E-state index in [0.29, 0.717) is 11.6 Å². The van der Waals surface area contributed by atoms with Gasteiger partial charge >= 0.3 is 0 Å². The first-order chi connectivity index (χ1) is 12.1. The average molecular weight is 379 g/mol. The number of piperidine rings is 1. The standard InChI is InChI=1S/C18H23ClN4OS/c1-22(18(24)17-13-25-21-20-17)11-15-3-2-9-23(12-15)10-8-14-4-6-16(19)7-5-14/h4-7,13,15H,2-3,8-12H2,1H3/t15-/m0/s1. The monoisotopic (exact) mass is 378 g/mol. The Hall–Kier alpha value is -1.50. The van der Waals surface area contributed by atoms with E-state index in [1.807, 2.05) is 19.2 Å². The van der Waals surface area contributed by atoms with E-state index in [9.17, 15) is 4.79 Å². The number of carbonyl (C=O) groups excluding carboxylic acids is 1. The number of hydrogen-bond donors (Lipinski definition) is 0. The lowest BCUT2D eigenvalue weighted by Gasteiger charge is -2.34. The molecule has 0 saturated carbocycles. The highest BCUT2D eigenvalue weighted by Gasteiger charge is 2.23. The van der Waals surface area contributed by atoms with Crippen molar-refractivity contribution < 1.29 is 4.79 Å². The number of aromatic nitrogens is 2. The molecule has 134 valence electrons. The Morgan fingerprint density at radius 1 is 1.40 bits per heavy atom. The zero-order valence-corrected chi connectivity index (χ0v) is 16.0. The molecule has 2 aromatic rings. The fraction of sp³-hybridized carbons (Fsp3) is 0.500. The van der Waals surface area contributed by atoms with Crippen LogP contribution in [-0.4, -0.2) is 58.5 Å². The van der Waals surface area contributed by atoms with Crippen LogP contribution in [0.5, 0.6) is 0 Å². The van der Waals surface area contributed by atoms with Gasteiger partial charge in [0.15, 0.2) is 5.69 Å².